The summed E-state index contributed by atoms with van der Waals surface area (Å²) < 4.78 is 10.9. The van der Waals surface area contributed by atoms with Gasteiger partial charge in [0.1, 0.15) is 5.82 Å². The molecule has 2 aromatic carbocycles. The Hall–Kier alpha value is -3.35. The van der Waals surface area contributed by atoms with Crippen molar-refractivity contribution in [1.29, 1.82) is 0 Å². The van der Waals surface area contributed by atoms with Crippen LogP contribution in [0.25, 0.3) is 0 Å². The Bertz CT molecular complexity index is 939. The molecule has 3 aromatic rings. The highest BCUT2D eigenvalue weighted by Gasteiger charge is 2.22. The lowest BCUT2D eigenvalue weighted by molar-refractivity contribution is -0.121. The second-order valence-corrected chi connectivity index (χ2v) is 6.39. The van der Waals surface area contributed by atoms with E-state index in [0.717, 1.165) is 22.7 Å². The van der Waals surface area contributed by atoms with Gasteiger partial charge in [0, 0.05) is 12.3 Å². The zero-order chi connectivity index (χ0) is 18.6. The van der Waals surface area contributed by atoms with Gasteiger partial charge < -0.3 is 14.8 Å². The van der Waals surface area contributed by atoms with Crippen molar-refractivity contribution < 1.29 is 14.3 Å². The van der Waals surface area contributed by atoms with Crippen LogP contribution in [0.2, 0.25) is 0 Å². The van der Waals surface area contributed by atoms with Gasteiger partial charge in [-0.05, 0) is 30.2 Å². The van der Waals surface area contributed by atoms with Gasteiger partial charge in [0.05, 0.1) is 6.54 Å². The second-order valence-electron chi connectivity index (χ2n) is 6.39. The van der Waals surface area contributed by atoms with E-state index in [1.54, 1.807) is 0 Å². The van der Waals surface area contributed by atoms with Crippen LogP contribution in [0.1, 0.15) is 35.1 Å². The van der Waals surface area contributed by atoms with E-state index in [1.165, 1.54) is 0 Å². The van der Waals surface area contributed by atoms with Gasteiger partial charge in [-0.2, -0.15) is 5.10 Å². The third-order valence-electron chi connectivity index (χ3n) is 4.48. The molecule has 2 N–H and O–H groups in total. The molecule has 2 heterocycles. The normalized spacial score (nSPS) is 13.4. The summed E-state index contributed by atoms with van der Waals surface area (Å²) in [5, 5.41) is 9.71. The first kappa shape index (κ1) is 17.1. The first-order valence-corrected chi connectivity index (χ1v) is 8.78. The maximum absolute atomic E-state index is 12.6. The molecule has 0 unspecified atom stereocenters. The smallest absolute Gasteiger partial charge is 0.231 e. The zero-order valence-corrected chi connectivity index (χ0v) is 14.9. The number of rotatable bonds is 6. The molecule has 0 saturated heterocycles. The number of fused-ring (bicyclic) bond motifs is 1. The Morgan fingerprint density at radius 3 is 2.74 bits per heavy atom. The second kappa shape index (κ2) is 7.49. The predicted molar refractivity (Wildman–Crippen MR) is 98.4 cm³/mol. The van der Waals surface area contributed by atoms with Crippen molar-refractivity contribution in [3.8, 4) is 11.5 Å². The fourth-order valence-corrected chi connectivity index (χ4v) is 3.15. The molecule has 138 valence electrons. The number of carbonyl (C=O) groups is 1. The highest BCUT2D eigenvalue weighted by molar-refractivity contribution is 5.77. The van der Waals surface area contributed by atoms with E-state index in [1.807, 2.05) is 55.5 Å². The van der Waals surface area contributed by atoms with Gasteiger partial charge in [0.2, 0.25) is 12.7 Å². The summed E-state index contributed by atoms with van der Waals surface area (Å²) in [5.41, 5.74) is 2.08. The van der Waals surface area contributed by atoms with Crippen LogP contribution in [-0.4, -0.2) is 27.9 Å². The molecule has 1 amide bonds. The summed E-state index contributed by atoms with van der Waals surface area (Å²) in [6.45, 7) is 2.35. The molecular formula is C20H20N4O3. The average Bonchev–Trinajstić information content (AvgIpc) is 3.33. The van der Waals surface area contributed by atoms with Crippen molar-refractivity contribution in [3.63, 3.8) is 0 Å². The number of aryl methyl sites for hydroxylation is 1. The van der Waals surface area contributed by atoms with E-state index >= 15 is 0 Å². The number of ether oxygens (including phenoxy) is 2. The van der Waals surface area contributed by atoms with Crippen molar-refractivity contribution in [3.05, 3.63) is 71.3 Å². The van der Waals surface area contributed by atoms with Gasteiger partial charge in [-0.25, -0.2) is 4.98 Å². The topological polar surface area (TPSA) is 89.1 Å². The van der Waals surface area contributed by atoms with E-state index in [9.17, 15) is 4.79 Å². The Morgan fingerprint density at radius 1 is 1.15 bits per heavy atom. The molecule has 7 nitrogen and oxygen atoms in total. The van der Waals surface area contributed by atoms with Gasteiger partial charge in [-0.15, -0.1) is 0 Å². The van der Waals surface area contributed by atoms with Crippen LogP contribution in [0.5, 0.6) is 11.5 Å². The number of aromatic nitrogens is 3. The molecule has 7 heteroatoms. The fraction of sp³-hybridized carbons (Fsp3) is 0.250. The number of nitrogens with zero attached hydrogens (tertiary/aromatic N) is 2. The lowest BCUT2D eigenvalue weighted by atomic mass is 9.88. The minimum atomic E-state index is -0.0884. The van der Waals surface area contributed by atoms with Gasteiger partial charge in [-0.3, -0.25) is 9.89 Å². The minimum absolute atomic E-state index is 0.0658. The Morgan fingerprint density at radius 2 is 1.96 bits per heavy atom. The number of benzene rings is 2. The maximum Gasteiger partial charge on any atom is 0.231 e. The Balaban J connectivity index is 1.52. The number of aromatic amines is 1. The van der Waals surface area contributed by atoms with Crippen LogP contribution >= 0.6 is 0 Å². The number of H-pyrrole nitrogens is 1. The monoisotopic (exact) mass is 364 g/mol. The van der Waals surface area contributed by atoms with Crippen LogP contribution < -0.4 is 14.8 Å². The molecule has 1 atom stereocenters. The number of amides is 1. The highest BCUT2D eigenvalue weighted by Crippen LogP contribution is 2.37. The molecule has 0 aliphatic carbocycles. The van der Waals surface area contributed by atoms with E-state index in [2.05, 4.69) is 20.5 Å². The lowest BCUT2D eigenvalue weighted by Gasteiger charge is -2.18. The summed E-state index contributed by atoms with van der Waals surface area (Å²) in [6, 6.07) is 15.8. The largest absolute Gasteiger partial charge is 0.454 e. The number of nitrogens with one attached hydrogen (secondary N) is 2. The van der Waals surface area contributed by atoms with Crippen molar-refractivity contribution in [2.75, 3.05) is 6.79 Å². The first-order valence-electron chi connectivity index (χ1n) is 8.78. The van der Waals surface area contributed by atoms with Crippen molar-refractivity contribution in [2.24, 2.45) is 0 Å². The van der Waals surface area contributed by atoms with Gasteiger partial charge in [-0.1, -0.05) is 36.4 Å². The zero-order valence-electron chi connectivity index (χ0n) is 14.9. The van der Waals surface area contributed by atoms with E-state index in [0.29, 0.717) is 24.5 Å². The van der Waals surface area contributed by atoms with E-state index < -0.39 is 0 Å². The number of carbonyl (C=O) groups excluding carboxylic acids is 1. The third-order valence-corrected chi connectivity index (χ3v) is 4.48. The van der Waals surface area contributed by atoms with Gasteiger partial charge in [0.25, 0.3) is 0 Å². The molecule has 4 rings (SSSR count). The summed E-state index contributed by atoms with van der Waals surface area (Å²) >= 11 is 0. The maximum atomic E-state index is 12.6. The molecule has 1 aliphatic rings. The highest BCUT2D eigenvalue weighted by atomic mass is 16.7. The predicted octanol–water partition coefficient (Wildman–Crippen LogP) is 2.68. The molecule has 0 bridgehead atoms. The van der Waals surface area contributed by atoms with Crippen LogP contribution in [0, 0.1) is 6.92 Å². The summed E-state index contributed by atoms with van der Waals surface area (Å²) in [5.74, 6) is 2.58. The molecule has 0 spiro atoms. The summed E-state index contributed by atoms with van der Waals surface area (Å²) in [6.07, 6.45) is 0.313. The SMILES string of the molecule is Cc1nc(CNC(=O)C[C@H](c2ccccc2)c2ccc3c(c2)OCO3)n[nH]1. The lowest BCUT2D eigenvalue weighted by Crippen LogP contribution is -2.25. The van der Waals surface area contributed by atoms with Gasteiger partial charge >= 0.3 is 0 Å². The summed E-state index contributed by atoms with van der Waals surface area (Å²) in [7, 11) is 0. The van der Waals surface area contributed by atoms with E-state index in [-0.39, 0.29) is 18.6 Å². The van der Waals surface area contributed by atoms with Crippen LogP contribution in [-0.2, 0) is 11.3 Å². The Kier molecular flexibility index (Phi) is 4.74. The van der Waals surface area contributed by atoms with Crippen molar-refractivity contribution in [2.45, 2.75) is 25.8 Å². The quantitative estimate of drug-likeness (QED) is 0.702. The van der Waals surface area contributed by atoms with Crippen LogP contribution in [0.3, 0.4) is 0 Å². The average molecular weight is 364 g/mol. The third kappa shape index (κ3) is 3.92. The van der Waals surface area contributed by atoms with Crippen molar-refractivity contribution >= 4 is 5.91 Å². The number of hydrogen-bond acceptors (Lipinski definition) is 5. The number of hydrogen-bond donors (Lipinski definition) is 2. The minimum Gasteiger partial charge on any atom is -0.454 e. The molecule has 1 aliphatic heterocycles. The van der Waals surface area contributed by atoms with Crippen LogP contribution in [0.15, 0.2) is 48.5 Å². The standard InChI is InChI=1S/C20H20N4O3/c1-13-22-19(24-23-13)11-21-20(25)10-16(14-5-3-2-4-6-14)15-7-8-17-18(9-15)27-12-26-17/h2-9,16H,10-12H2,1H3,(H,21,25)(H,22,23,24)/t16-/m1/s1. The molecular weight excluding hydrogens is 344 g/mol. The summed E-state index contributed by atoms with van der Waals surface area (Å²) in [4.78, 5) is 16.8. The van der Waals surface area contributed by atoms with E-state index in [4.69, 9.17) is 9.47 Å². The molecule has 0 saturated carbocycles. The molecule has 0 radical (unpaired) electrons. The molecule has 27 heavy (non-hydrogen) atoms. The Labute approximate surface area is 156 Å². The molecule has 0 fully saturated rings. The fourth-order valence-electron chi connectivity index (χ4n) is 3.15. The van der Waals surface area contributed by atoms with Gasteiger partial charge in [0.15, 0.2) is 17.3 Å². The van der Waals surface area contributed by atoms with Crippen molar-refractivity contribution in [1.82, 2.24) is 20.5 Å². The first-order chi connectivity index (χ1) is 13.2. The molecule has 1 aromatic heterocycles. The van der Waals surface area contributed by atoms with Crippen LogP contribution in [0.4, 0.5) is 0 Å².